The summed E-state index contributed by atoms with van der Waals surface area (Å²) in [7, 11) is 0. The zero-order valence-corrected chi connectivity index (χ0v) is 39.5. The van der Waals surface area contributed by atoms with Gasteiger partial charge in [0.25, 0.3) is 17.1 Å². The highest BCUT2D eigenvalue weighted by atomic mass is 32.2. The summed E-state index contributed by atoms with van der Waals surface area (Å²) in [5.74, 6) is -3.71. The number of non-ortho nitro benzene ring substituents is 3. The first-order valence-electron chi connectivity index (χ1n) is 22.7. The number of hydrogen-bond acceptors (Lipinski definition) is 18. The van der Waals surface area contributed by atoms with E-state index in [4.69, 9.17) is 14.2 Å². The van der Waals surface area contributed by atoms with Crippen LogP contribution in [-0.2, 0) is 53.2 Å². The molecule has 8 atom stereocenters. The summed E-state index contributed by atoms with van der Waals surface area (Å²) >= 11 is 1.19. The Morgan fingerprint density at radius 1 is 0.792 bits per heavy atom. The summed E-state index contributed by atoms with van der Waals surface area (Å²) in [5, 5.41) is 58.8. The molecule has 5 amide bonds. The van der Waals surface area contributed by atoms with Crippen molar-refractivity contribution in [3.63, 3.8) is 0 Å². The Morgan fingerprint density at radius 2 is 1.32 bits per heavy atom. The van der Waals surface area contributed by atoms with Crippen molar-refractivity contribution in [3.8, 4) is 0 Å². The topological polar surface area (TPSA) is 334 Å². The minimum atomic E-state index is -1.31. The molecule has 72 heavy (non-hydrogen) atoms. The lowest BCUT2D eigenvalue weighted by Crippen LogP contribution is -2.63. The molecule has 3 fully saturated rings. The van der Waals surface area contributed by atoms with Gasteiger partial charge in [-0.2, -0.15) is 0 Å². The number of nitro benzene ring substituents is 3. The van der Waals surface area contributed by atoms with E-state index in [0.717, 1.165) is 0 Å². The standard InChI is InChI=1S/C46H50N8O17S/c1-25-39-38(26(2)55)43(59)51(39)40(44(60)69-22-27-3-9-31(10-4-27)52(63)64)41(25)72-35-18-36(50(21-35)46(62)71-24-29-7-13-33(14-8-29)54(67)68)42(58)49-16-15-30(20-49)48-37(57)17-34(56)19-47-45(61)70-23-28-5-11-32(12-6-28)53(65)66/h3-14,25-26,30,34-36,38-39,55-56H,15-24H2,1-2H3,(H,47,61)(H,48,57)/t25-,26-,30+,34?,35+,36+,38-,39-/m1/s1. The van der Waals surface area contributed by atoms with Gasteiger partial charge in [0.15, 0.2) is 0 Å². The molecular formula is C46H50N8O17S. The van der Waals surface area contributed by atoms with Gasteiger partial charge < -0.3 is 44.9 Å². The Labute approximate surface area is 413 Å². The molecule has 1 unspecified atom stereocenters. The van der Waals surface area contributed by atoms with Crippen LogP contribution in [0.1, 0.15) is 49.8 Å². The average Bonchev–Trinajstić information content (AvgIpc) is 4.06. The number of fused-ring (bicyclic) bond motifs is 1. The maximum absolute atomic E-state index is 14.4. The van der Waals surface area contributed by atoms with Crippen LogP contribution in [0.4, 0.5) is 26.7 Å². The second kappa shape index (κ2) is 22.6. The fourth-order valence-electron chi connectivity index (χ4n) is 9.02. The fourth-order valence-corrected chi connectivity index (χ4v) is 10.5. The van der Waals surface area contributed by atoms with Crippen molar-refractivity contribution >= 4 is 64.7 Å². The quantitative estimate of drug-likeness (QED) is 0.0439. The van der Waals surface area contributed by atoms with E-state index in [1.807, 2.05) is 0 Å². The van der Waals surface area contributed by atoms with Crippen molar-refractivity contribution < 1.29 is 68.0 Å². The third kappa shape index (κ3) is 12.1. The largest absolute Gasteiger partial charge is 0.456 e. The molecule has 0 radical (unpaired) electrons. The Bertz CT molecular complexity index is 2630. The van der Waals surface area contributed by atoms with Gasteiger partial charge in [-0.05, 0) is 72.9 Å². The minimum absolute atomic E-state index is 0.0420. The van der Waals surface area contributed by atoms with Crippen LogP contribution in [0.5, 0.6) is 0 Å². The van der Waals surface area contributed by atoms with Crippen molar-refractivity contribution in [2.24, 2.45) is 11.8 Å². The molecule has 3 aromatic rings. The summed E-state index contributed by atoms with van der Waals surface area (Å²) in [6.45, 7) is 2.32. The summed E-state index contributed by atoms with van der Waals surface area (Å²) in [5.41, 5.74) is 0.847. The third-order valence-electron chi connectivity index (χ3n) is 12.7. The summed E-state index contributed by atoms with van der Waals surface area (Å²) < 4.78 is 16.3. The van der Waals surface area contributed by atoms with E-state index in [9.17, 15) is 69.3 Å². The molecule has 4 N–H and O–H groups in total. The van der Waals surface area contributed by atoms with Gasteiger partial charge in [0.1, 0.15) is 31.6 Å². The third-order valence-corrected chi connectivity index (χ3v) is 14.2. The van der Waals surface area contributed by atoms with E-state index in [-0.39, 0.29) is 75.2 Å². The first-order chi connectivity index (χ1) is 34.3. The van der Waals surface area contributed by atoms with Gasteiger partial charge in [-0.1, -0.05) is 6.92 Å². The number of β-lactam (4-membered cyclic amide) rings is 1. The number of thioether (sulfide) groups is 1. The number of rotatable bonds is 19. The number of likely N-dealkylation sites (tertiary alicyclic amines) is 2. The molecule has 25 nitrogen and oxygen atoms in total. The maximum atomic E-state index is 14.4. The molecule has 382 valence electrons. The molecule has 4 aliphatic rings. The van der Waals surface area contributed by atoms with Crippen LogP contribution in [0, 0.1) is 42.2 Å². The van der Waals surface area contributed by atoms with Gasteiger partial charge in [0.05, 0.1) is 45.4 Å². The molecule has 3 aromatic carbocycles. The van der Waals surface area contributed by atoms with Crippen molar-refractivity contribution in [1.82, 2.24) is 25.3 Å². The van der Waals surface area contributed by atoms with Crippen LogP contribution in [0.3, 0.4) is 0 Å². The van der Waals surface area contributed by atoms with Crippen LogP contribution in [0.15, 0.2) is 83.4 Å². The number of aliphatic hydroxyl groups is 2. The molecule has 4 heterocycles. The Kier molecular flexibility index (Phi) is 16.3. The van der Waals surface area contributed by atoms with Gasteiger partial charge >= 0.3 is 18.2 Å². The number of esters is 1. The number of alkyl carbamates (subject to hydrolysis) is 1. The number of ether oxygens (including phenoxy) is 3. The molecule has 3 saturated heterocycles. The number of nitrogens with zero attached hydrogens (tertiary/aromatic N) is 6. The zero-order valence-electron chi connectivity index (χ0n) is 38.7. The van der Waals surface area contributed by atoms with Crippen molar-refractivity contribution in [3.05, 3.63) is 130 Å². The number of nitrogens with one attached hydrogen (secondary N) is 2. The lowest BCUT2D eigenvalue weighted by Gasteiger charge is -2.46. The molecule has 7 rings (SSSR count). The van der Waals surface area contributed by atoms with Crippen LogP contribution < -0.4 is 10.6 Å². The first kappa shape index (κ1) is 52.1. The molecule has 0 aliphatic carbocycles. The summed E-state index contributed by atoms with van der Waals surface area (Å²) in [6.07, 6.45) is -4.16. The minimum Gasteiger partial charge on any atom is -0.456 e. The molecule has 0 bridgehead atoms. The van der Waals surface area contributed by atoms with Gasteiger partial charge in [-0.25, -0.2) is 14.4 Å². The van der Waals surface area contributed by atoms with Crippen molar-refractivity contribution in [2.75, 3.05) is 26.2 Å². The van der Waals surface area contributed by atoms with E-state index >= 15 is 0 Å². The normalized spacial score (nSPS) is 22.1. The van der Waals surface area contributed by atoms with Crippen LogP contribution >= 0.6 is 11.8 Å². The number of amides is 5. The Morgan fingerprint density at radius 3 is 1.85 bits per heavy atom. The number of benzene rings is 3. The zero-order chi connectivity index (χ0) is 52.0. The fraction of sp³-hybridized carbons (Fsp3) is 0.435. The number of nitro groups is 3. The second-order valence-corrected chi connectivity index (χ2v) is 19.0. The smallest absolute Gasteiger partial charge is 0.410 e. The van der Waals surface area contributed by atoms with E-state index in [2.05, 4.69) is 10.6 Å². The summed E-state index contributed by atoms with van der Waals surface area (Å²) in [6, 6.07) is 13.8. The van der Waals surface area contributed by atoms with E-state index in [1.165, 1.54) is 106 Å². The molecular weight excluding hydrogens is 969 g/mol. The van der Waals surface area contributed by atoms with Gasteiger partial charge in [-0.15, -0.1) is 11.8 Å². The number of carbonyl (C=O) groups excluding carboxylic acids is 6. The number of aliphatic hydroxyl groups excluding tert-OH is 2. The highest BCUT2D eigenvalue weighted by Crippen LogP contribution is 2.52. The van der Waals surface area contributed by atoms with E-state index < -0.39 is 104 Å². The van der Waals surface area contributed by atoms with Crippen LogP contribution in [0.2, 0.25) is 0 Å². The van der Waals surface area contributed by atoms with E-state index in [1.54, 1.807) is 6.92 Å². The van der Waals surface area contributed by atoms with E-state index in [0.29, 0.717) is 28.0 Å². The Balaban J connectivity index is 1.00. The molecule has 0 aromatic heterocycles. The van der Waals surface area contributed by atoms with Gasteiger partial charge in [0, 0.05) is 84.7 Å². The van der Waals surface area contributed by atoms with Crippen molar-refractivity contribution in [2.45, 2.75) is 88.5 Å². The number of carbonyl (C=O) groups is 6. The highest BCUT2D eigenvalue weighted by Gasteiger charge is 2.61. The first-order valence-corrected chi connectivity index (χ1v) is 23.6. The molecule has 0 saturated carbocycles. The predicted molar refractivity (Wildman–Crippen MR) is 250 cm³/mol. The second-order valence-electron chi connectivity index (χ2n) is 17.7. The molecule has 4 aliphatic heterocycles. The van der Waals surface area contributed by atoms with Crippen molar-refractivity contribution in [1.29, 1.82) is 0 Å². The average molecular weight is 1020 g/mol. The lowest BCUT2D eigenvalue weighted by molar-refractivity contribution is -0.385. The maximum Gasteiger partial charge on any atom is 0.410 e. The SMILES string of the molecule is C[C@@H](O)[C@H]1C(=O)N2C(C(=O)OCc3ccc([N+](=O)[O-])cc3)=C(S[C@H]3C[C@@H](C(=O)N4CC[C@H](NC(=O)CC(O)CNC(=O)OCc5ccc([N+](=O)[O-])cc5)C4)N(C(=O)OCc4ccc([N+](=O)[O-])cc4)C3)[C@H](C)[C@H]12. The highest BCUT2D eigenvalue weighted by molar-refractivity contribution is 8.03. The number of hydrogen-bond donors (Lipinski definition) is 4. The van der Waals surface area contributed by atoms with Gasteiger partial charge in [0.2, 0.25) is 17.7 Å². The lowest BCUT2D eigenvalue weighted by atomic mass is 9.79. The molecule has 0 spiro atoms. The van der Waals surface area contributed by atoms with Gasteiger partial charge in [-0.3, -0.25) is 49.6 Å². The molecule has 26 heteroatoms. The predicted octanol–water partition coefficient (Wildman–Crippen LogP) is 3.43. The van der Waals surface area contributed by atoms with Crippen LogP contribution in [0.25, 0.3) is 0 Å². The Hall–Kier alpha value is -7.71. The van der Waals surface area contributed by atoms with Crippen LogP contribution in [-0.4, -0.2) is 137 Å². The summed E-state index contributed by atoms with van der Waals surface area (Å²) in [4.78, 5) is 117. The monoisotopic (exact) mass is 1020 g/mol.